The van der Waals surface area contributed by atoms with Crippen LogP contribution in [0.1, 0.15) is 26.2 Å². The lowest BCUT2D eigenvalue weighted by molar-refractivity contribution is 0.113. The van der Waals surface area contributed by atoms with Gasteiger partial charge in [-0.05, 0) is 26.3 Å². The predicted octanol–water partition coefficient (Wildman–Crippen LogP) is 0.280. The average molecular weight is 201 g/mol. The first-order valence-corrected chi connectivity index (χ1v) is 5.05. The van der Waals surface area contributed by atoms with Gasteiger partial charge in [0.2, 0.25) is 0 Å². The van der Waals surface area contributed by atoms with Gasteiger partial charge in [0, 0.05) is 19.1 Å². The number of ether oxygens (including phenoxy) is 1. The van der Waals surface area contributed by atoms with E-state index in [9.17, 15) is 0 Å². The van der Waals surface area contributed by atoms with Gasteiger partial charge in [0.05, 0.1) is 6.10 Å². The van der Waals surface area contributed by atoms with Crippen molar-refractivity contribution in [1.82, 2.24) is 5.32 Å². The lowest BCUT2D eigenvalue weighted by Crippen LogP contribution is -2.35. The van der Waals surface area contributed by atoms with Crippen molar-refractivity contribution < 1.29 is 9.94 Å². The molecule has 1 aliphatic rings. The van der Waals surface area contributed by atoms with Gasteiger partial charge < -0.3 is 21.0 Å². The Labute approximate surface area is 84.3 Å². The number of nitrogens with one attached hydrogen (secondary N) is 1. The summed E-state index contributed by atoms with van der Waals surface area (Å²) in [6.45, 7) is 3.81. The highest BCUT2D eigenvalue weighted by Crippen LogP contribution is 2.12. The molecule has 0 spiro atoms. The van der Waals surface area contributed by atoms with Crippen molar-refractivity contribution >= 4 is 5.84 Å². The summed E-state index contributed by atoms with van der Waals surface area (Å²) in [7, 11) is 0. The maximum Gasteiger partial charge on any atom is 0.139 e. The van der Waals surface area contributed by atoms with Gasteiger partial charge in [0.1, 0.15) is 5.84 Å². The van der Waals surface area contributed by atoms with Gasteiger partial charge >= 0.3 is 0 Å². The third kappa shape index (κ3) is 3.51. The highest BCUT2D eigenvalue weighted by molar-refractivity contribution is 5.79. The second-order valence-corrected chi connectivity index (χ2v) is 3.62. The number of oxime groups is 1. The van der Waals surface area contributed by atoms with Crippen molar-refractivity contribution in [3.63, 3.8) is 0 Å². The highest BCUT2D eigenvalue weighted by Gasteiger charge is 2.22. The maximum absolute atomic E-state index is 8.31. The largest absolute Gasteiger partial charge is 0.409 e. The molecule has 1 fully saturated rings. The number of rotatable bonds is 5. The molecule has 0 aliphatic carbocycles. The highest BCUT2D eigenvalue weighted by atomic mass is 16.5. The minimum absolute atomic E-state index is 0.294. The van der Waals surface area contributed by atoms with E-state index >= 15 is 0 Å². The van der Waals surface area contributed by atoms with Crippen LogP contribution in [0, 0.1) is 0 Å². The molecular weight excluding hydrogens is 182 g/mol. The van der Waals surface area contributed by atoms with Crippen LogP contribution >= 0.6 is 0 Å². The standard InChI is InChI=1S/C9H19N3O2/c1-7-8(4-6-14-7)11-5-2-3-9(10)12-13/h7-8,11,13H,2-6H2,1H3,(H2,10,12). The Morgan fingerprint density at radius 2 is 2.50 bits per heavy atom. The molecule has 0 amide bonds. The smallest absolute Gasteiger partial charge is 0.139 e. The van der Waals surface area contributed by atoms with Crippen molar-refractivity contribution in [1.29, 1.82) is 0 Å². The first-order valence-electron chi connectivity index (χ1n) is 5.05. The molecule has 14 heavy (non-hydrogen) atoms. The third-order valence-corrected chi connectivity index (χ3v) is 2.52. The van der Waals surface area contributed by atoms with Crippen LogP contribution in [0.2, 0.25) is 0 Å². The maximum atomic E-state index is 8.31. The van der Waals surface area contributed by atoms with Crippen molar-refractivity contribution in [2.75, 3.05) is 13.2 Å². The topological polar surface area (TPSA) is 79.9 Å². The molecule has 0 radical (unpaired) electrons. The number of hydrogen-bond acceptors (Lipinski definition) is 4. The van der Waals surface area contributed by atoms with Gasteiger partial charge in [-0.1, -0.05) is 5.16 Å². The van der Waals surface area contributed by atoms with E-state index in [2.05, 4.69) is 17.4 Å². The van der Waals surface area contributed by atoms with Crippen molar-refractivity contribution in [3.05, 3.63) is 0 Å². The van der Waals surface area contributed by atoms with E-state index in [0.717, 1.165) is 26.0 Å². The molecule has 5 heteroatoms. The summed E-state index contributed by atoms with van der Waals surface area (Å²) >= 11 is 0. The van der Waals surface area contributed by atoms with Gasteiger partial charge in [0.25, 0.3) is 0 Å². The molecule has 2 atom stereocenters. The molecule has 5 nitrogen and oxygen atoms in total. The molecule has 1 rings (SSSR count). The zero-order valence-corrected chi connectivity index (χ0v) is 8.57. The Hall–Kier alpha value is -0.810. The van der Waals surface area contributed by atoms with Gasteiger partial charge in [0.15, 0.2) is 0 Å². The number of nitrogens with zero attached hydrogens (tertiary/aromatic N) is 1. The predicted molar refractivity (Wildman–Crippen MR) is 54.5 cm³/mol. The molecule has 4 N–H and O–H groups in total. The van der Waals surface area contributed by atoms with Gasteiger partial charge in [-0.15, -0.1) is 0 Å². The lowest BCUT2D eigenvalue weighted by Gasteiger charge is -2.15. The molecule has 2 unspecified atom stereocenters. The summed E-state index contributed by atoms with van der Waals surface area (Å²) < 4.78 is 5.41. The Morgan fingerprint density at radius 1 is 1.71 bits per heavy atom. The SMILES string of the molecule is CC1OCCC1NCCCC(N)=NO. The minimum Gasteiger partial charge on any atom is -0.409 e. The molecule has 1 saturated heterocycles. The number of nitrogens with two attached hydrogens (primary N) is 1. The fourth-order valence-electron chi connectivity index (χ4n) is 1.61. The van der Waals surface area contributed by atoms with E-state index in [4.69, 9.17) is 15.7 Å². The van der Waals surface area contributed by atoms with Crippen LogP contribution in [0.15, 0.2) is 5.16 Å². The first kappa shape index (κ1) is 11.3. The Bertz CT molecular complexity index is 196. The fraction of sp³-hybridized carbons (Fsp3) is 0.889. The summed E-state index contributed by atoms with van der Waals surface area (Å²) in [6.07, 6.45) is 2.90. The van der Waals surface area contributed by atoms with Crippen LogP contribution in [-0.4, -0.2) is 36.3 Å². The van der Waals surface area contributed by atoms with E-state index in [1.54, 1.807) is 0 Å². The molecule has 0 aromatic carbocycles. The van der Waals surface area contributed by atoms with Crippen LogP contribution in [0.4, 0.5) is 0 Å². The van der Waals surface area contributed by atoms with Crippen LogP contribution in [0.3, 0.4) is 0 Å². The second kappa shape index (κ2) is 5.82. The van der Waals surface area contributed by atoms with Gasteiger partial charge in [-0.3, -0.25) is 0 Å². The Morgan fingerprint density at radius 3 is 3.07 bits per heavy atom. The van der Waals surface area contributed by atoms with Crippen molar-refractivity contribution in [2.45, 2.75) is 38.3 Å². The zero-order valence-electron chi connectivity index (χ0n) is 8.57. The zero-order chi connectivity index (χ0) is 10.4. The summed E-state index contributed by atoms with van der Waals surface area (Å²) in [5.41, 5.74) is 5.34. The van der Waals surface area contributed by atoms with E-state index in [1.807, 2.05) is 0 Å². The van der Waals surface area contributed by atoms with Crippen LogP contribution < -0.4 is 11.1 Å². The molecule has 0 aromatic heterocycles. The van der Waals surface area contributed by atoms with E-state index in [-0.39, 0.29) is 0 Å². The summed E-state index contributed by atoms with van der Waals surface area (Å²) in [4.78, 5) is 0. The quantitative estimate of drug-likeness (QED) is 0.196. The van der Waals surface area contributed by atoms with Crippen LogP contribution in [0.5, 0.6) is 0 Å². The summed E-state index contributed by atoms with van der Waals surface area (Å²) in [5.74, 6) is 0.294. The summed E-state index contributed by atoms with van der Waals surface area (Å²) in [6, 6.07) is 0.460. The van der Waals surface area contributed by atoms with Gasteiger partial charge in [-0.2, -0.15) is 0 Å². The van der Waals surface area contributed by atoms with E-state index in [0.29, 0.717) is 24.4 Å². The fourth-order valence-corrected chi connectivity index (χ4v) is 1.61. The van der Waals surface area contributed by atoms with Crippen molar-refractivity contribution in [3.8, 4) is 0 Å². The second-order valence-electron chi connectivity index (χ2n) is 3.62. The molecule has 0 saturated carbocycles. The molecular formula is C9H19N3O2. The third-order valence-electron chi connectivity index (χ3n) is 2.52. The lowest BCUT2D eigenvalue weighted by atomic mass is 10.1. The van der Waals surface area contributed by atoms with E-state index in [1.165, 1.54) is 0 Å². The monoisotopic (exact) mass is 201 g/mol. The molecule has 0 aromatic rings. The molecule has 82 valence electrons. The first-order chi connectivity index (χ1) is 6.74. The summed E-state index contributed by atoms with van der Waals surface area (Å²) in [5, 5.41) is 14.6. The van der Waals surface area contributed by atoms with Crippen LogP contribution in [-0.2, 0) is 4.74 Å². The number of hydrogen-bond donors (Lipinski definition) is 3. The Balaban J connectivity index is 2.03. The molecule has 1 aliphatic heterocycles. The van der Waals surface area contributed by atoms with Gasteiger partial charge in [-0.25, -0.2) is 0 Å². The normalized spacial score (nSPS) is 28.2. The van der Waals surface area contributed by atoms with E-state index < -0.39 is 0 Å². The number of amidine groups is 1. The van der Waals surface area contributed by atoms with Crippen molar-refractivity contribution in [2.24, 2.45) is 10.9 Å². The minimum atomic E-state index is 0.294. The average Bonchev–Trinajstić information content (AvgIpc) is 2.58. The Kier molecular flexibility index (Phi) is 4.69. The molecule has 1 heterocycles. The van der Waals surface area contributed by atoms with Crippen LogP contribution in [0.25, 0.3) is 0 Å². The molecule has 0 bridgehead atoms.